The predicted octanol–water partition coefficient (Wildman–Crippen LogP) is 2.13. The maximum absolute atomic E-state index is 10.9. The maximum Gasteiger partial charge on any atom is 0.226 e. The van der Waals surface area contributed by atoms with E-state index in [-0.39, 0.29) is 34.2 Å². The minimum atomic E-state index is -1.34. The lowest BCUT2D eigenvalue weighted by atomic mass is 9.91. The molecular weight excluding hydrogens is 554 g/mol. The van der Waals surface area contributed by atoms with Crippen LogP contribution in [-0.4, -0.2) is 78.9 Å². The number of halogens is 1. The molecule has 212 valence electrons. The predicted molar refractivity (Wildman–Crippen MR) is 145 cm³/mol. The highest BCUT2D eigenvalue weighted by molar-refractivity contribution is 6.28. The molecule has 4 atom stereocenters. The molecule has 5 aromatic rings. The van der Waals surface area contributed by atoms with E-state index in [4.69, 9.17) is 16.3 Å². The Balaban J connectivity index is 1.30. The fourth-order valence-electron chi connectivity index (χ4n) is 4.85. The van der Waals surface area contributed by atoms with Crippen LogP contribution in [0.1, 0.15) is 42.1 Å². The highest BCUT2D eigenvalue weighted by Crippen LogP contribution is 2.39. The normalized spacial score (nSPS) is 20.7. The van der Waals surface area contributed by atoms with Crippen LogP contribution in [-0.2, 0) is 11.3 Å². The number of imidazole rings is 1. The second-order valence-corrected chi connectivity index (χ2v) is 9.88. The van der Waals surface area contributed by atoms with Gasteiger partial charge in [-0.1, -0.05) is 24.3 Å². The van der Waals surface area contributed by atoms with Crippen molar-refractivity contribution in [2.24, 2.45) is 0 Å². The average Bonchev–Trinajstić information content (AvgIpc) is 3.68. The van der Waals surface area contributed by atoms with E-state index in [0.29, 0.717) is 24.4 Å². The number of phenolic OH excluding ortho intramolecular Hbond substituents is 2. The number of hydrogen-bond acceptors (Lipinski definition) is 12. The van der Waals surface area contributed by atoms with Gasteiger partial charge in [-0.3, -0.25) is 4.57 Å². The fraction of sp³-hybridized carbons (Fsp3) is 0.308. The summed E-state index contributed by atoms with van der Waals surface area (Å²) in [6.45, 7) is 2.69. The molecule has 0 saturated carbocycles. The number of aromatic hydroxyl groups is 2. The number of aryl methyl sites for hydroxylation is 1. The molecule has 3 aromatic heterocycles. The molecular formula is C26H26ClN9O5. The second kappa shape index (κ2) is 10.9. The zero-order valence-corrected chi connectivity index (χ0v) is 22.4. The van der Waals surface area contributed by atoms with E-state index in [1.165, 1.54) is 15.7 Å². The van der Waals surface area contributed by atoms with E-state index in [2.05, 4.69) is 35.7 Å². The molecule has 1 saturated heterocycles. The highest BCUT2D eigenvalue weighted by Gasteiger charge is 2.47. The van der Waals surface area contributed by atoms with Crippen molar-refractivity contribution in [3.63, 3.8) is 0 Å². The number of nitrogens with zero attached hydrogens (tertiary/aromatic N) is 8. The third-order valence-corrected chi connectivity index (χ3v) is 7.15. The van der Waals surface area contributed by atoms with Gasteiger partial charge in [-0.15, -0.1) is 10.2 Å². The van der Waals surface area contributed by atoms with E-state index in [9.17, 15) is 20.4 Å². The summed E-state index contributed by atoms with van der Waals surface area (Å²) in [5.74, 6) is 0.598. The van der Waals surface area contributed by atoms with Gasteiger partial charge in [-0.25, -0.2) is 4.98 Å². The number of aromatic nitrogens is 8. The number of benzene rings is 2. The molecule has 15 heteroatoms. The quantitative estimate of drug-likeness (QED) is 0.169. The largest absolute Gasteiger partial charge is 0.508 e. The Labute approximate surface area is 237 Å². The summed E-state index contributed by atoms with van der Waals surface area (Å²) in [5, 5.41) is 56.4. The van der Waals surface area contributed by atoms with E-state index in [1.54, 1.807) is 24.3 Å². The molecule has 41 heavy (non-hydrogen) atoms. The first kappa shape index (κ1) is 26.8. The molecule has 4 heterocycles. The third-order valence-electron chi connectivity index (χ3n) is 6.98. The molecule has 1 aliphatic rings. The van der Waals surface area contributed by atoms with E-state index in [0.717, 1.165) is 11.1 Å². The third kappa shape index (κ3) is 5.13. The molecule has 0 unspecified atom stereocenters. The minimum absolute atomic E-state index is 0.0651. The van der Waals surface area contributed by atoms with Crippen LogP contribution in [0.4, 0.5) is 5.82 Å². The van der Waals surface area contributed by atoms with Gasteiger partial charge in [0, 0.05) is 12.5 Å². The van der Waals surface area contributed by atoms with Gasteiger partial charge >= 0.3 is 0 Å². The number of rotatable bonds is 8. The molecule has 0 radical (unpaired) electrons. The zero-order valence-electron chi connectivity index (χ0n) is 21.6. The van der Waals surface area contributed by atoms with Gasteiger partial charge in [-0.05, 0) is 59.1 Å². The summed E-state index contributed by atoms with van der Waals surface area (Å²) in [6, 6.07) is 13.7. The molecule has 6 rings (SSSR count). The van der Waals surface area contributed by atoms with Gasteiger partial charge in [0.25, 0.3) is 0 Å². The topological polar surface area (TPSA) is 189 Å². The first-order valence-electron chi connectivity index (χ1n) is 12.8. The maximum atomic E-state index is 10.9. The summed E-state index contributed by atoms with van der Waals surface area (Å²) < 4.78 is 7.45. The molecule has 0 spiro atoms. The van der Waals surface area contributed by atoms with Crippen LogP contribution in [0.2, 0.25) is 5.28 Å². The Kier molecular flexibility index (Phi) is 7.13. The molecule has 1 fully saturated rings. The number of ether oxygens (including phenoxy) is 1. The van der Waals surface area contributed by atoms with Crippen molar-refractivity contribution in [2.45, 2.75) is 43.9 Å². The summed E-state index contributed by atoms with van der Waals surface area (Å²) >= 11 is 6.31. The van der Waals surface area contributed by atoms with Crippen LogP contribution in [0.3, 0.4) is 0 Å². The first-order chi connectivity index (χ1) is 19.8. The summed E-state index contributed by atoms with van der Waals surface area (Å²) in [5.41, 5.74) is 2.48. The molecule has 0 bridgehead atoms. The van der Waals surface area contributed by atoms with Crippen molar-refractivity contribution in [1.82, 2.24) is 39.7 Å². The number of nitrogens with one attached hydrogen (secondary N) is 1. The number of tetrazole rings is 1. The number of hydrogen-bond donors (Lipinski definition) is 5. The van der Waals surface area contributed by atoms with Gasteiger partial charge in [0.05, 0.1) is 12.9 Å². The van der Waals surface area contributed by atoms with Crippen molar-refractivity contribution in [3.05, 3.63) is 77.1 Å². The molecule has 14 nitrogen and oxygen atoms in total. The Bertz CT molecular complexity index is 1620. The number of anilines is 1. The van der Waals surface area contributed by atoms with Gasteiger partial charge in [0.1, 0.15) is 23.7 Å². The Morgan fingerprint density at radius 1 is 0.976 bits per heavy atom. The van der Waals surface area contributed by atoms with Crippen molar-refractivity contribution in [1.29, 1.82) is 0 Å². The van der Waals surface area contributed by atoms with Crippen molar-refractivity contribution in [3.8, 4) is 11.5 Å². The summed E-state index contributed by atoms with van der Waals surface area (Å²) in [4.78, 5) is 14.5. The van der Waals surface area contributed by atoms with Gasteiger partial charge < -0.3 is 30.5 Å². The van der Waals surface area contributed by atoms with E-state index < -0.39 is 24.5 Å². The van der Waals surface area contributed by atoms with Crippen LogP contribution >= 0.6 is 11.6 Å². The smallest absolute Gasteiger partial charge is 0.226 e. The number of phenols is 2. The first-order valence-corrected chi connectivity index (χ1v) is 13.2. The van der Waals surface area contributed by atoms with Crippen molar-refractivity contribution >= 4 is 28.6 Å². The van der Waals surface area contributed by atoms with Gasteiger partial charge in [0.2, 0.25) is 11.1 Å². The monoisotopic (exact) mass is 579 g/mol. The van der Waals surface area contributed by atoms with Crippen LogP contribution in [0, 0.1) is 0 Å². The standard InChI is InChI=1S/C26H26ClN9O5/c1-2-36-33-23(32-34-36)21-19(39)20(40)25(41-21)35-12-29-18-22(30-26(27)31-24(18)35)28-11-17(13-3-7-15(37)8-4-13)14-5-9-16(38)10-6-14/h3-10,12,17,19-21,25,37-40H,2,11H2,1H3,(H,28,30,31)/t19-,20+,21-,25+/m0/s1. The fourth-order valence-corrected chi connectivity index (χ4v) is 5.01. The van der Waals surface area contributed by atoms with Crippen LogP contribution < -0.4 is 5.32 Å². The zero-order chi connectivity index (χ0) is 28.7. The Hall–Kier alpha value is -4.37. The van der Waals surface area contributed by atoms with E-state index in [1.807, 2.05) is 31.2 Å². The Morgan fingerprint density at radius 2 is 1.63 bits per heavy atom. The molecule has 2 aromatic carbocycles. The molecule has 0 aliphatic carbocycles. The Morgan fingerprint density at radius 3 is 2.24 bits per heavy atom. The van der Waals surface area contributed by atoms with Crippen molar-refractivity contribution < 1.29 is 25.2 Å². The minimum Gasteiger partial charge on any atom is -0.508 e. The lowest BCUT2D eigenvalue weighted by molar-refractivity contribution is -0.0384. The highest BCUT2D eigenvalue weighted by atomic mass is 35.5. The number of aliphatic hydroxyl groups is 2. The second-order valence-electron chi connectivity index (χ2n) is 9.55. The lowest BCUT2D eigenvalue weighted by Gasteiger charge is -2.20. The van der Waals surface area contributed by atoms with Crippen LogP contribution in [0.15, 0.2) is 54.9 Å². The molecule has 0 amide bonds. The van der Waals surface area contributed by atoms with Gasteiger partial charge in [-0.2, -0.15) is 14.8 Å². The molecule has 1 aliphatic heterocycles. The number of aliphatic hydroxyl groups excluding tert-OH is 2. The lowest BCUT2D eigenvalue weighted by Crippen LogP contribution is -2.29. The summed E-state index contributed by atoms with van der Waals surface area (Å²) in [6.07, 6.45) is -3.31. The molecule has 5 N–H and O–H groups in total. The van der Waals surface area contributed by atoms with Crippen molar-refractivity contribution in [2.75, 3.05) is 11.9 Å². The van der Waals surface area contributed by atoms with Crippen LogP contribution in [0.5, 0.6) is 11.5 Å². The van der Waals surface area contributed by atoms with Gasteiger partial charge in [0.15, 0.2) is 29.3 Å². The SMILES string of the molecule is CCn1nnc([C@H]2O[C@@H](n3cnc4c(NCC(c5ccc(O)cc5)c5ccc(O)cc5)nc(Cl)nc43)[C@H](O)[C@@H]2O)n1. The average molecular weight is 580 g/mol. The number of fused-ring (bicyclic) bond motifs is 1. The van der Waals surface area contributed by atoms with Crippen LogP contribution in [0.25, 0.3) is 11.2 Å². The summed E-state index contributed by atoms with van der Waals surface area (Å²) in [7, 11) is 0. The van der Waals surface area contributed by atoms with E-state index >= 15 is 0 Å².